The van der Waals surface area contributed by atoms with Gasteiger partial charge in [-0.1, -0.05) is 231 Å². The third-order valence-electron chi connectivity index (χ3n) is 14.2. The Kier molecular flexibility index (Phi) is 10.9. The highest BCUT2D eigenvalue weighted by Gasteiger charge is 2.24. The van der Waals surface area contributed by atoms with Crippen LogP contribution in [0, 0.1) is 0 Å². The number of rotatable bonds is 10. The summed E-state index contributed by atoms with van der Waals surface area (Å²) in [7, 11) is 0. The monoisotopic (exact) mass is 916 g/mol. The minimum Gasteiger partial charge on any atom is -0.310 e. The van der Waals surface area contributed by atoms with Crippen molar-refractivity contribution in [1.29, 1.82) is 0 Å². The van der Waals surface area contributed by atoms with E-state index in [-0.39, 0.29) is 0 Å². The van der Waals surface area contributed by atoms with E-state index in [2.05, 4.69) is 301 Å². The quantitative estimate of drug-likeness (QED) is 0.133. The smallest absolute Gasteiger partial charge is 0.0546 e. The zero-order chi connectivity index (χ0) is 47.8. The van der Waals surface area contributed by atoms with Crippen LogP contribution in [-0.4, -0.2) is 4.57 Å². The van der Waals surface area contributed by atoms with Crippen LogP contribution in [0.4, 0.5) is 17.1 Å². The minimum absolute atomic E-state index is 1.06. The molecule has 0 aliphatic heterocycles. The Balaban J connectivity index is 0.979. The zero-order valence-electron chi connectivity index (χ0n) is 39.6. The first kappa shape index (κ1) is 42.6. The molecule has 338 valence electrons. The molecule has 0 saturated carbocycles. The number of fused-ring (bicyclic) bond motifs is 4. The van der Waals surface area contributed by atoms with Crippen LogP contribution in [-0.2, 0) is 0 Å². The molecule has 0 unspecified atom stereocenters. The molecule has 0 atom stereocenters. The van der Waals surface area contributed by atoms with Crippen molar-refractivity contribution in [2.45, 2.75) is 0 Å². The average Bonchev–Trinajstić information content (AvgIpc) is 3.80. The van der Waals surface area contributed by atoms with Crippen LogP contribution in [0.15, 0.2) is 291 Å². The van der Waals surface area contributed by atoms with Crippen molar-refractivity contribution in [3.05, 3.63) is 291 Å². The summed E-state index contributed by atoms with van der Waals surface area (Å²) in [6.07, 6.45) is 0. The first-order chi connectivity index (χ1) is 35.7. The van der Waals surface area contributed by atoms with E-state index in [0.717, 1.165) is 50.6 Å². The number of nitrogens with zero attached hydrogens (tertiary/aromatic N) is 2. The lowest BCUT2D eigenvalue weighted by Gasteiger charge is -2.30. The van der Waals surface area contributed by atoms with E-state index >= 15 is 0 Å². The molecule has 0 fully saturated rings. The Bertz CT molecular complexity index is 4050. The van der Waals surface area contributed by atoms with Gasteiger partial charge in [-0.25, -0.2) is 0 Å². The Morgan fingerprint density at radius 3 is 1.50 bits per heavy atom. The maximum atomic E-state index is 2.46. The van der Waals surface area contributed by atoms with E-state index < -0.39 is 0 Å². The van der Waals surface area contributed by atoms with E-state index in [0.29, 0.717) is 0 Å². The van der Waals surface area contributed by atoms with Gasteiger partial charge in [0.15, 0.2) is 0 Å². The fourth-order valence-corrected chi connectivity index (χ4v) is 10.8. The molecule has 0 bridgehead atoms. The van der Waals surface area contributed by atoms with Gasteiger partial charge < -0.3 is 9.47 Å². The summed E-state index contributed by atoms with van der Waals surface area (Å²) >= 11 is 0. The van der Waals surface area contributed by atoms with Crippen LogP contribution in [0.25, 0.3) is 105 Å². The second kappa shape index (κ2) is 18.4. The van der Waals surface area contributed by atoms with Crippen LogP contribution >= 0.6 is 0 Å². The summed E-state index contributed by atoms with van der Waals surface area (Å²) in [5.41, 5.74) is 20.9. The van der Waals surface area contributed by atoms with E-state index in [1.165, 1.54) is 71.5 Å². The second-order valence-electron chi connectivity index (χ2n) is 18.4. The van der Waals surface area contributed by atoms with E-state index in [9.17, 15) is 0 Å². The van der Waals surface area contributed by atoms with Crippen molar-refractivity contribution in [2.75, 3.05) is 4.90 Å². The summed E-state index contributed by atoms with van der Waals surface area (Å²) < 4.78 is 2.38. The lowest BCUT2D eigenvalue weighted by Crippen LogP contribution is -2.12. The standard InChI is InChI=1S/C70H48N2/c1-4-19-51(20-5-1)62-30-12-13-32-65(62)70-63(53-21-6-2-7-22-53)34-18-36-69(70)71(58-44-41-50(42-45-58)49-37-39-54(40-38-49)61-33-17-24-52-23-10-11-29-60(52)61)59-28-16-25-55(47-59)56-43-46-68-66(48-56)64-31-14-15-35-67(64)72(68)57-26-8-3-9-27-57/h1-48H. The van der Waals surface area contributed by atoms with E-state index in [1.54, 1.807) is 0 Å². The predicted molar refractivity (Wildman–Crippen MR) is 306 cm³/mol. The van der Waals surface area contributed by atoms with Gasteiger partial charge in [0.25, 0.3) is 0 Å². The molecule has 0 saturated heterocycles. The van der Waals surface area contributed by atoms with Gasteiger partial charge in [0.05, 0.1) is 16.7 Å². The molecule has 13 aromatic rings. The van der Waals surface area contributed by atoms with Crippen LogP contribution in [0.1, 0.15) is 0 Å². The zero-order valence-corrected chi connectivity index (χ0v) is 39.6. The summed E-state index contributed by atoms with van der Waals surface area (Å²) in [6.45, 7) is 0. The van der Waals surface area contributed by atoms with Crippen molar-refractivity contribution >= 4 is 49.6 Å². The van der Waals surface area contributed by atoms with Crippen LogP contribution in [0.3, 0.4) is 0 Å². The van der Waals surface area contributed by atoms with Gasteiger partial charge in [0.1, 0.15) is 0 Å². The van der Waals surface area contributed by atoms with Gasteiger partial charge in [-0.3, -0.25) is 0 Å². The fourth-order valence-electron chi connectivity index (χ4n) is 10.8. The van der Waals surface area contributed by atoms with Crippen molar-refractivity contribution < 1.29 is 0 Å². The summed E-state index contributed by atoms with van der Waals surface area (Å²) in [6, 6.07) is 106. The fraction of sp³-hybridized carbons (Fsp3) is 0. The lowest BCUT2D eigenvalue weighted by atomic mass is 9.87. The van der Waals surface area contributed by atoms with Crippen molar-refractivity contribution in [3.8, 4) is 72.4 Å². The number of benzene rings is 12. The van der Waals surface area contributed by atoms with E-state index in [4.69, 9.17) is 0 Å². The molecule has 0 amide bonds. The molecule has 72 heavy (non-hydrogen) atoms. The molecule has 0 radical (unpaired) electrons. The van der Waals surface area contributed by atoms with Gasteiger partial charge in [0, 0.05) is 33.4 Å². The predicted octanol–water partition coefficient (Wildman–Crippen LogP) is 19.4. The highest BCUT2D eigenvalue weighted by molar-refractivity contribution is 6.11. The SMILES string of the molecule is c1ccc(-c2ccccc2-c2c(-c3ccccc3)cccc2N(c2ccc(-c3ccc(-c4cccc5ccccc45)cc3)cc2)c2cccc(-c3ccc4c(c3)c3ccccc3n4-c3ccccc3)c2)cc1. The minimum atomic E-state index is 1.06. The van der Waals surface area contributed by atoms with Crippen molar-refractivity contribution in [3.63, 3.8) is 0 Å². The molecular formula is C70H48N2. The highest BCUT2D eigenvalue weighted by atomic mass is 15.1. The number of para-hydroxylation sites is 2. The maximum absolute atomic E-state index is 2.46. The molecular weight excluding hydrogens is 869 g/mol. The molecule has 0 N–H and O–H groups in total. The second-order valence-corrected chi connectivity index (χ2v) is 18.4. The van der Waals surface area contributed by atoms with Gasteiger partial charge in [-0.05, 0) is 133 Å². The highest BCUT2D eigenvalue weighted by Crippen LogP contribution is 2.49. The van der Waals surface area contributed by atoms with Crippen LogP contribution in [0.5, 0.6) is 0 Å². The largest absolute Gasteiger partial charge is 0.310 e. The Hall–Kier alpha value is -9.50. The topological polar surface area (TPSA) is 8.17 Å². The van der Waals surface area contributed by atoms with Gasteiger partial charge >= 0.3 is 0 Å². The Morgan fingerprint density at radius 2 is 0.736 bits per heavy atom. The molecule has 13 rings (SSSR count). The Labute approximate surface area is 420 Å². The number of hydrogen-bond acceptors (Lipinski definition) is 1. The van der Waals surface area contributed by atoms with Gasteiger partial charge in [-0.2, -0.15) is 0 Å². The molecule has 1 aromatic heterocycles. The maximum Gasteiger partial charge on any atom is 0.0546 e. The summed E-state index contributed by atoms with van der Waals surface area (Å²) in [4.78, 5) is 2.46. The normalized spacial score (nSPS) is 11.3. The van der Waals surface area contributed by atoms with Gasteiger partial charge in [0.2, 0.25) is 0 Å². The van der Waals surface area contributed by atoms with Crippen molar-refractivity contribution in [1.82, 2.24) is 4.57 Å². The summed E-state index contributed by atoms with van der Waals surface area (Å²) in [5, 5.41) is 4.97. The number of aromatic nitrogens is 1. The van der Waals surface area contributed by atoms with Crippen LogP contribution in [0.2, 0.25) is 0 Å². The third kappa shape index (κ3) is 7.73. The molecule has 1 heterocycles. The molecule has 0 aliphatic carbocycles. The molecule has 0 aliphatic rings. The summed E-state index contributed by atoms with van der Waals surface area (Å²) in [5.74, 6) is 0. The van der Waals surface area contributed by atoms with Crippen molar-refractivity contribution in [2.24, 2.45) is 0 Å². The molecule has 2 heteroatoms. The first-order valence-corrected chi connectivity index (χ1v) is 24.7. The Morgan fingerprint density at radius 1 is 0.250 bits per heavy atom. The lowest BCUT2D eigenvalue weighted by molar-refractivity contribution is 1.18. The van der Waals surface area contributed by atoms with Crippen LogP contribution < -0.4 is 4.90 Å². The average molecular weight is 917 g/mol. The number of anilines is 3. The van der Waals surface area contributed by atoms with E-state index in [1.807, 2.05) is 0 Å². The molecule has 12 aromatic carbocycles. The molecule has 0 spiro atoms. The number of hydrogen-bond donors (Lipinski definition) is 0. The first-order valence-electron chi connectivity index (χ1n) is 24.7. The third-order valence-corrected chi connectivity index (χ3v) is 14.2. The van der Waals surface area contributed by atoms with Gasteiger partial charge in [-0.15, -0.1) is 0 Å². The molecule has 2 nitrogen and oxygen atoms in total.